The molecule has 0 radical (unpaired) electrons. The van der Waals surface area contributed by atoms with Crippen molar-refractivity contribution in [2.24, 2.45) is 0 Å². The van der Waals surface area contributed by atoms with Gasteiger partial charge in [-0.2, -0.15) is 13.2 Å². The molecule has 160 valence electrons. The molecule has 0 spiro atoms. The van der Waals surface area contributed by atoms with Gasteiger partial charge >= 0.3 is 12.1 Å². The molecule has 0 saturated heterocycles. The summed E-state index contributed by atoms with van der Waals surface area (Å²) in [6.45, 7) is 1.74. The van der Waals surface area contributed by atoms with Gasteiger partial charge in [0.15, 0.2) is 5.11 Å². The van der Waals surface area contributed by atoms with Gasteiger partial charge in [0.05, 0.1) is 23.4 Å². The van der Waals surface area contributed by atoms with E-state index in [4.69, 9.17) is 17.0 Å². The van der Waals surface area contributed by atoms with Crippen LogP contribution in [-0.2, 0) is 15.7 Å². The van der Waals surface area contributed by atoms with Crippen LogP contribution in [0.5, 0.6) is 0 Å². The molecule has 30 heavy (non-hydrogen) atoms. The van der Waals surface area contributed by atoms with Gasteiger partial charge in [0.25, 0.3) is 5.91 Å². The maximum absolute atomic E-state index is 12.7. The second kappa shape index (κ2) is 10.4. The minimum Gasteiger partial charge on any atom is -0.465 e. The van der Waals surface area contributed by atoms with Crippen LogP contribution in [0.4, 0.5) is 24.5 Å². The minimum absolute atomic E-state index is 0.00424. The highest BCUT2D eigenvalue weighted by atomic mass is 32.1. The van der Waals surface area contributed by atoms with E-state index in [1.807, 2.05) is 0 Å². The Balaban J connectivity index is 1.98. The summed E-state index contributed by atoms with van der Waals surface area (Å²) < 4.78 is 42.8. The third-order valence-corrected chi connectivity index (χ3v) is 3.90. The Hall–Kier alpha value is -3.34. The van der Waals surface area contributed by atoms with E-state index in [1.54, 1.807) is 25.1 Å². The maximum Gasteiger partial charge on any atom is 0.416 e. The lowest BCUT2D eigenvalue weighted by molar-refractivity contribution is -0.141. The Bertz CT molecular complexity index is 905. The molecule has 11 heteroatoms. The summed E-state index contributed by atoms with van der Waals surface area (Å²) in [5.41, 5.74) is 5.03. The van der Waals surface area contributed by atoms with Gasteiger partial charge in [0.2, 0.25) is 0 Å². The minimum atomic E-state index is -4.43. The first-order chi connectivity index (χ1) is 14.2. The number of alkyl halides is 3. The Morgan fingerprint density at radius 2 is 1.70 bits per heavy atom. The first-order valence-electron chi connectivity index (χ1n) is 8.74. The number of hydrogen-bond acceptors (Lipinski definition) is 5. The van der Waals surface area contributed by atoms with Crippen molar-refractivity contribution < 1.29 is 27.5 Å². The van der Waals surface area contributed by atoms with Crippen molar-refractivity contribution >= 4 is 40.6 Å². The zero-order chi connectivity index (χ0) is 22.1. The molecule has 4 N–H and O–H groups in total. The van der Waals surface area contributed by atoms with E-state index in [-0.39, 0.29) is 23.8 Å². The van der Waals surface area contributed by atoms with Crippen LogP contribution in [0.15, 0.2) is 48.5 Å². The molecule has 0 bridgehead atoms. The Morgan fingerprint density at radius 1 is 1.03 bits per heavy atom. The third kappa shape index (κ3) is 6.92. The number of para-hydroxylation sites is 1. The largest absolute Gasteiger partial charge is 0.465 e. The maximum atomic E-state index is 12.7. The van der Waals surface area contributed by atoms with Gasteiger partial charge < -0.3 is 15.4 Å². The molecular formula is C19H19F3N4O3S. The van der Waals surface area contributed by atoms with Crippen LogP contribution in [0.3, 0.4) is 0 Å². The molecule has 0 fully saturated rings. The Kier molecular flexibility index (Phi) is 7.98. The molecule has 1 amide bonds. The number of ether oxygens (including phenoxy) is 1. The fraction of sp³-hybridized carbons (Fsp3) is 0.211. The van der Waals surface area contributed by atoms with E-state index in [2.05, 4.69) is 21.5 Å². The molecule has 0 saturated carbocycles. The number of anilines is 2. The summed E-state index contributed by atoms with van der Waals surface area (Å²) in [6, 6.07) is 10.9. The van der Waals surface area contributed by atoms with Crippen LogP contribution < -0.4 is 21.5 Å². The van der Waals surface area contributed by atoms with Gasteiger partial charge in [-0.25, -0.2) is 0 Å². The normalized spacial score (nSPS) is 10.7. The average molecular weight is 440 g/mol. The lowest BCUT2D eigenvalue weighted by Gasteiger charge is -2.14. The number of halogens is 3. The quantitative estimate of drug-likeness (QED) is 0.312. The molecule has 2 aromatic rings. The van der Waals surface area contributed by atoms with Crippen LogP contribution in [0.2, 0.25) is 0 Å². The number of thiocarbonyl (C=S) groups is 1. The number of hydrogen-bond donors (Lipinski definition) is 4. The Morgan fingerprint density at radius 3 is 2.33 bits per heavy atom. The van der Waals surface area contributed by atoms with Crippen LogP contribution in [0.1, 0.15) is 22.8 Å². The number of hydrazine groups is 1. The molecule has 0 atom stereocenters. The van der Waals surface area contributed by atoms with Gasteiger partial charge in [-0.1, -0.05) is 12.1 Å². The second-order valence-corrected chi connectivity index (χ2v) is 6.22. The monoisotopic (exact) mass is 440 g/mol. The van der Waals surface area contributed by atoms with E-state index < -0.39 is 23.6 Å². The standard InChI is InChI=1S/C19H19F3N4O3S/c1-2-29-16(27)11-23-18(30)26-25-17(28)14-5-3-4-6-15(14)24-13-9-7-12(8-10-13)19(20,21)22/h3-10,24H,2,11H2,1H3,(H,25,28)(H2,23,26,30). The van der Waals surface area contributed by atoms with Crippen LogP contribution >= 0.6 is 12.2 Å². The van der Waals surface area contributed by atoms with Crippen molar-refractivity contribution in [3.05, 3.63) is 59.7 Å². The summed E-state index contributed by atoms with van der Waals surface area (Å²) >= 11 is 4.95. The fourth-order valence-electron chi connectivity index (χ4n) is 2.28. The predicted octanol–water partition coefficient (Wildman–Crippen LogP) is 3.12. The number of rotatable bonds is 6. The van der Waals surface area contributed by atoms with Crippen molar-refractivity contribution in [3.63, 3.8) is 0 Å². The lowest BCUT2D eigenvalue weighted by atomic mass is 10.1. The molecule has 0 aliphatic carbocycles. The molecule has 2 aromatic carbocycles. The Labute approximate surface area is 176 Å². The molecule has 0 aliphatic heterocycles. The van der Waals surface area contributed by atoms with E-state index >= 15 is 0 Å². The van der Waals surface area contributed by atoms with Gasteiger partial charge in [-0.05, 0) is 55.5 Å². The van der Waals surface area contributed by atoms with Crippen LogP contribution in [-0.4, -0.2) is 30.1 Å². The number of amides is 1. The summed E-state index contributed by atoms with van der Waals surface area (Å²) in [5.74, 6) is -1.05. The highest BCUT2D eigenvalue weighted by molar-refractivity contribution is 7.80. The fourth-order valence-corrected chi connectivity index (χ4v) is 2.40. The number of nitrogens with one attached hydrogen (secondary N) is 4. The van der Waals surface area contributed by atoms with Crippen molar-refractivity contribution in [2.45, 2.75) is 13.1 Å². The van der Waals surface area contributed by atoms with Crippen molar-refractivity contribution in [1.82, 2.24) is 16.2 Å². The lowest BCUT2D eigenvalue weighted by Crippen LogP contribution is -2.48. The first-order valence-corrected chi connectivity index (χ1v) is 9.14. The van der Waals surface area contributed by atoms with Crippen LogP contribution in [0, 0.1) is 0 Å². The number of benzene rings is 2. The van der Waals surface area contributed by atoms with E-state index in [9.17, 15) is 22.8 Å². The SMILES string of the molecule is CCOC(=O)CNC(=S)NNC(=O)c1ccccc1Nc1ccc(C(F)(F)F)cc1. The summed E-state index contributed by atoms with van der Waals surface area (Å²) in [5, 5.41) is 5.48. The van der Waals surface area contributed by atoms with E-state index in [0.717, 1.165) is 12.1 Å². The van der Waals surface area contributed by atoms with Crippen molar-refractivity contribution in [1.29, 1.82) is 0 Å². The first kappa shape index (κ1) is 22.9. The molecule has 0 heterocycles. The average Bonchev–Trinajstić information content (AvgIpc) is 2.71. The predicted molar refractivity (Wildman–Crippen MR) is 109 cm³/mol. The van der Waals surface area contributed by atoms with Crippen LogP contribution in [0.25, 0.3) is 0 Å². The smallest absolute Gasteiger partial charge is 0.416 e. The van der Waals surface area contributed by atoms with Crippen molar-refractivity contribution in [3.8, 4) is 0 Å². The zero-order valence-electron chi connectivity index (χ0n) is 15.8. The van der Waals surface area contributed by atoms with Gasteiger partial charge in [-0.3, -0.25) is 20.4 Å². The molecule has 0 unspecified atom stereocenters. The number of esters is 1. The summed E-state index contributed by atoms with van der Waals surface area (Å²) in [7, 11) is 0. The number of carbonyl (C=O) groups excluding carboxylic acids is 2. The highest BCUT2D eigenvalue weighted by Crippen LogP contribution is 2.30. The topological polar surface area (TPSA) is 91.5 Å². The summed E-state index contributed by atoms with van der Waals surface area (Å²) in [4.78, 5) is 23.7. The molecule has 2 rings (SSSR count). The second-order valence-electron chi connectivity index (χ2n) is 5.81. The zero-order valence-corrected chi connectivity index (χ0v) is 16.6. The molecule has 0 aliphatic rings. The molecule has 7 nitrogen and oxygen atoms in total. The highest BCUT2D eigenvalue weighted by Gasteiger charge is 2.29. The summed E-state index contributed by atoms with van der Waals surface area (Å²) in [6.07, 6.45) is -4.43. The van der Waals surface area contributed by atoms with Gasteiger partial charge in [0, 0.05) is 5.69 Å². The molecular weight excluding hydrogens is 421 g/mol. The van der Waals surface area contributed by atoms with Gasteiger partial charge in [0.1, 0.15) is 6.54 Å². The van der Waals surface area contributed by atoms with E-state index in [1.165, 1.54) is 18.2 Å². The van der Waals surface area contributed by atoms with Crippen molar-refractivity contribution in [2.75, 3.05) is 18.5 Å². The van der Waals surface area contributed by atoms with Gasteiger partial charge in [-0.15, -0.1) is 0 Å². The number of carbonyl (C=O) groups is 2. The van der Waals surface area contributed by atoms with E-state index in [0.29, 0.717) is 11.4 Å². The molecule has 0 aromatic heterocycles. The third-order valence-electron chi connectivity index (χ3n) is 3.65.